The van der Waals surface area contributed by atoms with Gasteiger partial charge in [0.05, 0.1) is 10.4 Å². The fraction of sp³-hybridized carbons (Fsp3) is 0.227. The van der Waals surface area contributed by atoms with Gasteiger partial charge in [0, 0.05) is 42.2 Å². The highest BCUT2D eigenvalue weighted by Crippen LogP contribution is 2.39. The Hall–Kier alpha value is -2.83. The van der Waals surface area contributed by atoms with Crippen LogP contribution in [0.5, 0.6) is 0 Å². The van der Waals surface area contributed by atoms with Crippen LogP contribution in [0.15, 0.2) is 54.9 Å². The number of likely N-dealkylation sites (tertiary alicyclic amines) is 1. The van der Waals surface area contributed by atoms with Crippen molar-refractivity contribution in [3.63, 3.8) is 0 Å². The summed E-state index contributed by atoms with van der Waals surface area (Å²) in [5.74, 6) is -0.0407. The maximum Gasteiger partial charge on any atom is 0.259 e. The predicted molar refractivity (Wildman–Crippen MR) is 113 cm³/mol. The molecule has 4 heterocycles. The van der Waals surface area contributed by atoms with Crippen molar-refractivity contribution in [3.8, 4) is 0 Å². The fourth-order valence-electron chi connectivity index (χ4n) is 4.23. The van der Waals surface area contributed by atoms with Gasteiger partial charge in [-0.1, -0.05) is 18.2 Å². The Balaban J connectivity index is 1.40. The molecule has 3 aromatic heterocycles. The number of aromatic nitrogens is 2. The summed E-state index contributed by atoms with van der Waals surface area (Å²) in [7, 11) is 0. The van der Waals surface area contributed by atoms with Crippen molar-refractivity contribution < 1.29 is 4.79 Å². The first-order valence-electron chi connectivity index (χ1n) is 9.42. The molecule has 5 rings (SSSR count). The lowest BCUT2D eigenvalue weighted by Gasteiger charge is -2.17. The first kappa shape index (κ1) is 17.3. The minimum absolute atomic E-state index is 0.308. The molecule has 0 saturated carbocycles. The lowest BCUT2D eigenvalue weighted by molar-refractivity contribution is 0.100. The molecular formula is C22H20N4OS. The Morgan fingerprint density at radius 1 is 1.18 bits per heavy atom. The van der Waals surface area contributed by atoms with E-state index in [0.717, 1.165) is 47.4 Å². The molecule has 1 aromatic carbocycles. The summed E-state index contributed by atoms with van der Waals surface area (Å²) in [4.78, 5) is 24.9. The lowest BCUT2D eigenvalue weighted by atomic mass is 9.95. The maximum absolute atomic E-state index is 12.0. The number of hydrogen-bond acceptors (Lipinski definition) is 5. The van der Waals surface area contributed by atoms with Crippen molar-refractivity contribution in [1.82, 2.24) is 14.9 Å². The van der Waals surface area contributed by atoms with Gasteiger partial charge < -0.3 is 5.73 Å². The average Bonchev–Trinajstić information content (AvgIpc) is 3.32. The van der Waals surface area contributed by atoms with E-state index in [4.69, 9.17) is 5.73 Å². The third-order valence-electron chi connectivity index (χ3n) is 5.48. The van der Waals surface area contributed by atoms with Crippen LogP contribution >= 0.6 is 11.3 Å². The maximum atomic E-state index is 12.0. The van der Waals surface area contributed by atoms with Crippen LogP contribution in [-0.2, 0) is 6.54 Å². The van der Waals surface area contributed by atoms with Gasteiger partial charge in [0.1, 0.15) is 4.83 Å². The topological polar surface area (TPSA) is 72.1 Å². The van der Waals surface area contributed by atoms with E-state index in [1.54, 1.807) is 6.20 Å². The zero-order valence-electron chi connectivity index (χ0n) is 15.3. The highest BCUT2D eigenvalue weighted by Gasteiger charge is 2.30. The van der Waals surface area contributed by atoms with Crippen molar-refractivity contribution in [2.24, 2.45) is 5.73 Å². The van der Waals surface area contributed by atoms with E-state index in [-0.39, 0.29) is 5.91 Å². The number of hydrogen-bond donors (Lipinski definition) is 1. The fourth-order valence-corrected chi connectivity index (χ4v) is 5.31. The molecule has 1 saturated heterocycles. The summed E-state index contributed by atoms with van der Waals surface area (Å²) in [6.45, 7) is 2.82. The molecule has 1 amide bonds. The molecule has 4 aromatic rings. The van der Waals surface area contributed by atoms with Crippen LogP contribution < -0.4 is 5.73 Å². The van der Waals surface area contributed by atoms with Crippen molar-refractivity contribution in [2.45, 2.75) is 18.9 Å². The third kappa shape index (κ3) is 3.04. The second kappa shape index (κ2) is 6.96. The number of thiophene rings is 1. The number of carbonyl (C=O) groups excluding carboxylic acids is 1. The van der Waals surface area contributed by atoms with Gasteiger partial charge in [-0.2, -0.15) is 0 Å². The number of pyridine rings is 2. The number of rotatable bonds is 4. The minimum atomic E-state index is -0.349. The van der Waals surface area contributed by atoms with Crippen molar-refractivity contribution >= 4 is 38.4 Å². The van der Waals surface area contributed by atoms with Crippen LogP contribution in [0.4, 0.5) is 0 Å². The number of amides is 1. The molecule has 0 spiro atoms. The van der Waals surface area contributed by atoms with Crippen LogP contribution in [0.25, 0.3) is 21.1 Å². The van der Waals surface area contributed by atoms with Gasteiger partial charge in [-0.3, -0.25) is 14.7 Å². The van der Waals surface area contributed by atoms with Gasteiger partial charge in [0.15, 0.2) is 0 Å². The van der Waals surface area contributed by atoms with E-state index in [1.165, 1.54) is 22.3 Å². The van der Waals surface area contributed by atoms with E-state index in [2.05, 4.69) is 45.2 Å². The molecule has 6 heteroatoms. The Labute approximate surface area is 166 Å². The summed E-state index contributed by atoms with van der Waals surface area (Å²) < 4.78 is 0. The standard InChI is InChI=1S/C22H20N4OS/c23-21(27)20-19(17-4-2-9-25-22(17)28-20)16-7-10-26(13-16)12-14-5-6-18-15(11-14)3-1-8-24-18/h1-6,8-9,11,16H,7,10,12-13H2,(H2,23,27)/t16-/m1/s1. The van der Waals surface area contributed by atoms with Crippen LogP contribution in [0, 0.1) is 0 Å². The first-order valence-corrected chi connectivity index (χ1v) is 10.2. The smallest absolute Gasteiger partial charge is 0.259 e. The Morgan fingerprint density at radius 3 is 2.93 bits per heavy atom. The van der Waals surface area contributed by atoms with Gasteiger partial charge in [0.25, 0.3) is 5.91 Å². The third-order valence-corrected chi connectivity index (χ3v) is 6.63. The van der Waals surface area contributed by atoms with Crippen LogP contribution in [0.3, 0.4) is 0 Å². The second-order valence-corrected chi connectivity index (χ2v) is 8.32. The Kier molecular flexibility index (Phi) is 4.30. The summed E-state index contributed by atoms with van der Waals surface area (Å²) >= 11 is 1.41. The SMILES string of the molecule is NC(=O)c1sc2ncccc2c1[C@@H]1CCN(Cc2ccc3ncccc3c2)C1. The van der Waals surface area contributed by atoms with Gasteiger partial charge in [-0.05, 0) is 48.4 Å². The molecule has 0 aliphatic carbocycles. The van der Waals surface area contributed by atoms with Gasteiger partial charge in [-0.25, -0.2) is 4.98 Å². The number of carbonyl (C=O) groups is 1. The molecule has 1 aliphatic rings. The van der Waals surface area contributed by atoms with E-state index in [9.17, 15) is 4.79 Å². The number of fused-ring (bicyclic) bond motifs is 2. The normalized spacial score (nSPS) is 17.5. The number of primary amides is 1. The molecule has 1 fully saturated rings. The second-order valence-electron chi connectivity index (χ2n) is 7.32. The van der Waals surface area contributed by atoms with E-state index < -0.39 is 0 Å². The van der Waals surface area contributed by atoms with E-state index >= 15 is 0 Å². The van der Waals surface area contributed by atoms with Crippen LogP contribution in [0.2, 0.25) is 0 Å². The molecule has 0 unspecified atom stereocenters. The summed E-state index contributed by atoms with van der Waals surface area (Å²) in [5.41, 5.74) is 9.08. The van der Waals surface area contributed by atoms with Crippen molar-refractivity contribution in [3.05, 3.63) is 70.9 Å². The zero-order valence-corrected chi connectivity index (χ0v) is 16.2. The number of nitrogens with two attached hydrogens (primary N) is 1. The Morgan fingerprint density at radius 2 is 2.04 bits per heavy atom. The largest absolute Gasteiger partial charge is 0.365 e. The Bertz CT molecular complexity index is 1190. The highest BCUT2D eigenvalue weighted by atomic mass is 32.1. The summed E-state index contributed by atoms with van der Waals surface area (Å²) in [6, 6.07) is 14.5. The predicted octanol–water partition coefficient (Wildman–Crippen LogP) is 3.93. The van der Waals surface area contributed by atoms with Gasteiger partial charge >= 0.3 is 0 Å². The molecule has 1 atom stereocenters. The molecular weight excluding hydrogens is 368 g/mol. The first-order chi connectivity index (χ1) is 13.7. The molecule has 140 valence electrons. The van der Waals surface area contributed by atoms with Crippen molar-refractivity contribution in [2.75, 3.05) is 13.1 Å². The van der Waals surface area contributed by atoms with Gasteiger partial charge in [0.2, 0.25) is 0 Å². The van der Waals surface area contributed by atoms with Crippen LogP contribution in [-0.4, -0.2) is 33.9 Å². The molecule has 1 aliphatic heterocycles. The van der Waals surface area contributed by atoms with E-state index in [0.29, 0.717) is 10.8 Å². The molecule has 0 radical (unpaired) electrons. The summed E-state index contributed by atoms with van der Waals surface area (Å²) in [6.07, 6.45) is 4.61. The molecule has 0 bridgehead atoms. The summed E-state index contributed by atoms with van der Waals surface area (Å²) in [5, 5.41) is 2.24. The van der Waals surface area contributed by atoms with Gasteiger partial charge in [-0.15, -0.1) is 11.3 Å². The number of nitrogens with zero attached hydrogens (tertiary/aromatic N) is 3. The zero-order chi connectivity index (χ0) is 19.1. The number of benzene rings is 1. The van der Waals surface area contributed by atoms with Crippen molar-refractivity contribution in [1.29, 1.82) is 0 Å². The van der Waals surface area contributed by atoms with Crippen LogP contribution in [0.1, 0.15) is 33.1 Å². The molecule has 2 N–H and O–H groups in total. The average molecular weight is 388 g/mol. The quantitative estimate of drug-likeness (QED) is 0.575. The highest BCUT2D eigenvalue weighted by molar-refractivity contribution is 7.20. The van der Waals surface area contributed by atoms with E-state index in [1.807, 2.05) is 18.3 Å². The molecule has 5 nitrogen and oxygen atoms in total. The minimum Gasteiger partial charge on any atom is -0.365 e. The lowest BCUT2D eigenvalue weighted by Crippen LogP contribution is -2.20. The molecule has 28 heavy (non-hydrogen) atoms. The monoisotopic (exact) mass is 388 g/mol.